The Morgan fingerprint density at radius 2 is 2.00 bits per heavy atom. The van der Waals surface area contributed by atoms with Crippen molar-refractivity contribution in [3.63, 3.8) is 0 Å². The van der Waals surface area contributed by atoms with E-state index in [9.17, 15) is 0 Å². The monoisotopic (exact) mass is 177 g/mol. The normalized spacial score (nSPS) is 17.5. The van der Waals surface area contributed by atoms with Crippen LogP contribution in [0, 0.1) is 6.61 Å². The van der Waals surface area contributed by atoms with Gasteiger partial charge in [0.15, 0.2) is 5.75 Å². The number of rotatable bonds is 0. The molecule has 69 valence electrons. The molecule has 0 amide bonds. The lowest BCUT2D eigenvalue weighted by Crippen LogP contribution is -1.95. The first kappa shape index (κ1) is 8.57. The van der Waals surface area contributed by atoms with Crippen LogP contribution in [0.25, 0.3) is 0 Å². The topological polar surface area (TPSA) is 18.5 Å². The summed E-state index contributed by atoms with van der Waals surface area (Å²) in [5.74, 6) is 0.848. The lowest BCUT2D eigenvalue weighted by molar-refractivity contribution is -0.175. The summed E-state index contributed by atoms with van der Waals surface area (Å²) < 4.78 is 0. The molecular formula is C11H13O2. The lowest BCUT2D eigenvalue weighted by atomic mass is 10.1. The molecule has 0 atom stereocenters. The molecule has 1 aliphatic heterocycles. The van der Waals surface area contributed by atoms with E-state index in [1.54, 1.807) is 6.61 Å². The van der Waals surface area contributed by atoms with Crippen LogP contribution in [-0.4, -0.2) is 0 Å². The highest BCUT2D eigenvalue weighted by atomic mass is 17.2. The van der Waals surface area contributed by atoms with E-state index in [4.69, 9.17) is 9.78 Å². The van der Waals surface area contributed by atoms with Crippen LogP contribution in [0.15, 0.2) is 24.3 Å². The molecule has 0 N–H and O–H groups in total. The van der Waals surface area contributed by atoms with Crippen molar-refractivity contribution in [2.75, 3.05) is 0 Å². The van der Waals surface area contributed by atoms with Crippen molar-refractivity contribution in [2.45, 2.75) is 25.7 Å². The van der Waals surface area contributed by atoms with Gasteiger partial charge in [-0.3, -0.25) is 0 Å². The lowest BCUT2D eigenvalue weighted by Gasteiger charge is -2.06. The fourth-order valence-electron chi connectivity index (χ4n) is 1.47. The van der Waals surface area contributed by atoms with Crippen LogP contribution in [0.4, 0.5) is 0 Å². The molecule has 0 unspecified atom stereocenters. The molecule has 1 aromatic rings. The third kappa shape index (κ3) is 2.22. The fourth-order valence-corrected chi connectivity index (χ4v) is 1.47. The average Bonchev–Trinajstić information content (AvgIpc) is 2.28. The smallest absolute Gasteiger partial charge is 0.168 e. The minimum atomic E-state index is 0.848. The van der Waals surface area contributed by atoms with E-state index < -0.39 is 0 Å². The Morgan fingerprint density at radius 3 is 3.00 bits per heavy atom. The average molecular weight is 177 g/mol. The number of benzene rings is 1. The number of aryl methyl sites for hydroxylation is 1. The van der Waals surface area contributed by atoms with Crippen molar-refractivity contribution in [3.05, 3.63) is 36.4 Å². The molecule has 0 bridgehead atoms. The number of fused-ring (bicyclic) bond motifs is 1. The Bertz CT molecular complexity index is 244. The zero-order valence-corrected chi connectivity index (χ0v) is 7.53. The minimum Gasteiger partial charge on any atom is -0.337 e. The molecule has 1 heterocycles. The highest BCUT2D eigenvalue weighted by molar-refractivity contribution is 5.32. The fraction of sp³-hybridized carbons (Fsp3) is 0.364. The molecule has 1 radical (unpaired) electrons. The van der Waals surface area contributed by atoms with Gasteiger partial charge in [-0.25, -0.2) is 0 Å². The second-order valence-electron chi connectivity index (χ2n) is 3.20. The van der Waals surface area contributed by atoms with Gasteiger partial charge in [-0.2, -0.15) is 4.89 Å². The molecule has 2 heteroatoms. The summed E-state index contributed by atoms with van der Waals surface area (Å²) >= 11 is 0. The predicted molar refractivity (Wildman–Crippen MR) is 50.0 cm³/mol. The van der Waals surface area contributed by atoms with Gasteiger partial charge in [0.05, 0.1) is 0 Å². The van der Waals surface area contributed by atoms with E-state index >= 15 is 0 Å². The van der Waals surface area contributed by atoms with Crippen LogP contribution in [0.1, 0.15) is 24.8 Å². The molecule has 0 aromatic heterocycles. The molecule has 0 saturated carbocycles. The van der Waals surface area contributed by atoms with Crippen LogP contribution in [-0.2, 0) is 11.3 Å². The van der Waals surface area contributed by atoms with E-state index in [0.717, 1.165) is 25.0 Å². The van der Waals surface area contributed by atoms with Gasteiger partial charge in [-0.05, 0) is 30.9 Å². The summed E-state index contributed by atoms with van der Waals surface area (Å²) in [6, 6.07) is 8.02. The Morgan fingerprint density at radius 1 is 1.08 bits per heavy atom. The van der Waals surface area contributed by atoms with E-state index in [-0.39, 0.29) is 0 Å². The molecule has 1 aliphatic rings. The standard InChI is InChI=1S/C11H13O2/c1-2-6-10-7-3-4-8-11(10)13-12-9-5-1/h3-4,7-9H,1-2,5-6H2. The first-order valence-corrected chi connectivity index (χ1v) is 4.70. The maximum atomic E-state index is 5.15. The summed E-state index contributed by atoms with van der Waals surface area (Å²) in [4.78, 5) is 10.1. The van der Waals surface area contributed by atoms with Gasteiger partial charge in [0.2, 0.25) is 0 Å². The molecule has 1 aromatic carbocycles. The molecule has 0 saturated heterocycles. The third-order valence-electron chi connectivity index (χ3n) is 2.20. The van der Waals surface area contributed by atoms with E-state index in [1.165, 1.54) is 12.0 Å². The van der Waals surface area contributed by atoms with Crippen LogP contribution >= 0.6 is 0 Å². The second-order valence-corrected chi connectivity index (χ2v) is 3.20. The zero-order valence-electron chi connectivity index (χ0n) is 7.53. The summed E-state index contributed by atoms with van der Waals surface area (Å²) in [6.07, 6.45) is 4.40. The van der Waals surface area contributed by atoms with Gasteiger partial charge in [-0.15, -0.1) is 0 Å². The van der Waals surface area contributed by atoms with Crippen molar-refractivity contribution < 1.29 is 9.78 Å². The third-order valence-corrected chi connectivity index (χ3v) is 2.20. The molecule has 0 spiro atoms. The van der Waals surface area contributed by atoms with Gasteiger partial charge in [0.25, 0.3) is 0 Å². The summed E-state index contributed by atoms with van der Waals surface area (Å²) in [5.41, 5.74) is 1.23. The Kier molecular flexibility index (Phi) is 2.82. The van der Waals surface area contributed by atoms with Crippen molar-refractivity contribution in [2.24, 2.45) is 0 Å². The maximum Gasteiger partial charge on any atom is 0.168 e. The molecule has 13 heavy (non-hydrogen) atoms. The highest BCUT2D eigenvalue weighted by Gasteiger charge is 2.06. The van der Waals surface area contributed by atoms with E-state index in [0.29, 0.717) is 0 Å². The Balaban J connectivity index is 2.17. The Hall–Kier alpha value is -1.02. The summed E-state index contributed by atoms with van der Waals surface area (Å²) in [6.45, 7) is 1.72. The minimum absolute atomic E-state index is 0.848. The molecule has 2 nitrogen and oxygen atoms in total. The van der Waals surface area contributed by atoms with E-state index in [1.807, 2.05) is 18.2 Å². The molecule has 0 aliphatic carbocycles. The van der Waals surface area contributed by atoms with Crippen LogP contribution in [0.5, 0.6) is 5.75 Å². The number of para-hydroxylation sites is 1. The summed E-state index contributed by atoms with van der Waals surface area (Å²) in [5, 5.41) is 0. The molecule has 2 rings (SSSR count). The van der Waals surface area contributed by atoms with Crippen LogP contribution in [0.3, 0.4) is 0 Å². The Labute approximate surface area is 78.4 Å². The predicted octanol–water partition coefficient (Wildman–Crippen LogP) is 2.89. The van der Waals surface area contributed by atoms with Crippen LogP contribution in [0.2, 0.25) is 0 Å². The van der Waals surface area contributed by atoms with Crippen molar-refractivity contribution in [1.82, 2.24) is 0 Å². The van der Waals surface area contributed by atoms with Gasteiger partial charge < -0.3 is 4.89 Å². The molecular weight excluding hydrogens is 164 g/mol. The van der Waals surface area contributed by atoms with Gasteiger partial charge >= 0.3 is 0 Å². The highest BCUT2D eigenvalue weighted by Crippen LogP contribution is 2.22. The van der Waals surface area contributed by atoms with Gasteiger partial charge in [0.1, 0.15) is 6.61 Å². The molecule has 0 fully saturated rings. The SMILES string of the molecule is [CH]1CCCCc2ccccc2OO1. The van der Waals surface area contributed by atoms with E-state index in [2.05, 4.69) is 6.07 Å². The number of hydrogen-bond donors (Lipinski definition) is 0. The van der Waals surface area contributed by atoms with Crippen molar-refractivity contribution >= 4 is 0 Å². The van der Waals surface area contributed by atoms with Crippen LogP contribution < -0.4 is 4.89 Å². The first-order valence-electron chi connectivity index (χ1n) is 4.70. The summed E-state index contributed by atoms with van der Waals surface area (Å²) in [7, 11) is 0. The first-order chi connectivity index (χ1) is 6.47. The van der Waals surface area contributed by atoms with Gasteiger partial charge in [-0.1, -0.05) is 24.6 Å². The van der Waals surface area contributed by atoms with Gasteiger partial charge in [0, 0.05) is 0 Å². The second kappa shape index (κ2) is 4.28. The van der Waals surface area contributed by atoms with Crippen molar-refractivity contribution in [1.29, 1.82) is 0 Å². The largest absolute Gasteiger partial charge is 0.337 e. The van der Waals surface area contributed by atoms with Crippen molar-refractivity contribution in [3.8, 4) is 5.75 Å². The number of hydrogen-bond acceptors (Lipinski definition) is 2. The quantitative estimate of drug-likeness (QED) is 0.567. The zero-order chi connectivity index (χ0) is 8.93. The maximum absolute atomic E-state index is 5.15.